The first-order valence-corrected chi connectivity index (χ1v) is 8.37. The average Bonchev–Trinajstić information content (AvgIpc) is 2.60. The summed E-state index contributed by atoms with van der Waals surface area (Å²) in [6.07, 6.45) is 3.18. The van der Waals surface area contributed by atoms with E-state index in [2.05, 4.69) is 17.6 Å². The lowest BCUT2D eigenvalue weighted by Gasteiger charge is -2.13. The summed E-state index contributed by atoms with van der Waals surface area (Å²) in [6.45, 7) is 2.39. The van der Waals surface area contributed by atoms with Gasteiger partial charge >= 0.3 is 0 Å². The van der Waals surface area contributed by atoms with Crippen LogP contribution in [0, 0.1) is 11.6 Å². The Balaban J connectivity index is 1.99. The SMILES string of the molecule is CCCCCC(=O)Nc1ccc(NCc2ccc(F)cc2)c(F)c1N. The monoisotopic (exact) mass is 347 g/mol. The summed E-state index contributed by atoms with van der Waals surface area (Å²) in [7, 11) is 0. The molecular weight excluding hydrogens is 324 g/mol. The summed E-state index contributed by atoms with van der Waals surface area (Å²) in [5, 5.41) is 5.57. The fraction of sp³-hybridized carbons (Fsp3) is 0.316. The van der Waals surface area contributed by atoms with Gasteiger partial charge in [-0.1, -0.05) is 31.9 Å². The van der Waals surface area contributed by atoms with Crippen LogP contribution in [-0.2, 0) is 11.3 Å². The minimum absolute atomic E-state index is 0.104. The predicted octanol–water partition coefficient (Wildman–Crippen LogP) is 4.68. The highest BCUT2D eigenvalue weighted by Gasteiger charge is 2.12. The van der Waals surface area contributed by atoms with Gasteiger partial charge in [0.25, 0.3) is 0 Å². The van der Waals surface area contributed by atoms with E-state index in [0.717, 1.165) is 24.8 Å². The van der Waals surface area contributed by atoms with Gasteiger partial charge in [-0.3, -0.25) is 4.79 Å². The van der Waals surface area contributed by atoms with Crippen LogP contribution < -0.4 is 16.4 Å². The van der Waals surface area contributed by atoms with E-state index in [1.807, 2.05) is 0 Å². The van der Waals surface area contributed by atoms with Gasteiger partial charge in [0.1, 0.15) is 5.82 Å². The smallest absolute Gasteiger partial charge is 0.224 e. The molecule has 0 aliphatic carbocycles. The first-order chi connectivity index (χ1) is 12.0. The van der Waals surface area contributed by atoms with Gasteiger partial charge in [-0.25, -0.2) is 8.78 Å². The Kier molecular flexibility index (Phi) is 6.74. The highest BCUT2D eigenvalue weighted by Crippen LogP contribution is 2.28. The first-order valence-electron chi connectivity index (χ1n) is 8.37. The molecule has 0 spiro atoms. The molecule has 2 aromatic carbocycles. The average molecular weight is 347 g/mol. The van der Waals surface area contributed by atoms with E-state index in [4.69, 9.17) is 5.73 Å². The van der Waals surface area contributed by atoms with Gasteiger partial charge in [0, 0.05) is 13.0 Å². The molecule has 134 valence electrons. The van der Waals surface area contributed by atoms with Crippen LogP contribution in [0.5, 0.6) is 0 Å². The molecular formula is C19H23F2N3O. The van der Waals surface area contributed by atoms with Crippen LogP contribution in [-0.4, -0.2) is 5.91 Å². The van der Waals surface area contributed by atoms with Crippen molar-refractivity contribution in [1.82, 2.24) is 0 Å². The lowest BCUT2D eigenvalue weighted by molar-refractivity contribution is -0.116. The molecule has 0 bridgehead atoms. The molecule has 2 rings (SSSR count). The van der Waals surface area contributed by atoms with Crippen LogP contribution in [0.25, 0.3) is 0 Å². The molecule has 0 saturated carbocycles. The Morgan fingerprint density at radius 2 is 1.72 bits per heavy atom. The van der Waals surface area contributed by atoms with Crippen molar-refractivity contribution in [3.05, 3.63) is 53.6 Å². The summed E-state index contributed by atoms with van der Waals surface area (Å²) < 4.78 is 27.3. The maximum absolute atomic E-state index is 14.4. The lowest BCUT2D eigenvalue weighted by atomic mass is 10.1. The fourth-order valence-electron chi connectivity index (χ4n) is 2.39. The Labute approximate surface area is 146 Å². The second kappa shape index (κ2) is 9.01. The van der Waals surface area contributed by atoms with Gasteiger partial charge in [0.15, 0.2) is 5.82 Å². The molecule has 0 aromatic heterocycles. The molecule has 0 saturated heterocycles. The standard InChI is InChI=1S/C19H23F2N3O/c1-2-3-4-5-17(25)24-16-11-10-15(18(21)19(16)22)23-12-13-6-8-14(20)9-7-13/h6-11,23H,2-5,12,22H2,1H3,(H,24,25). The maximum atomic E-state index is 14.4. The van der Waals surface area contributed by atoms with E-state index in [1.54, 1.807) is 18.2 Å². The number of anilines is 3. The lowest BCUT2D eigenvalue weighted by Crippen LogP contribution is -2.14. The molecule has 0 aliphatic heterocycles. The maximum Gasteiger partial charge on any atom is 0.224 e. The van der Waals surface area contributed by atoms with Crippen LogP contribution in [0.4, 0.5) is 25.8 Å². The molecule has 6 heteroatoms. The van der Waals surface area contributed by atoms with Gasteiger partial charge in [-0.15, -0.1) is 0 Å². The van der Waals surface area contributed by atoms with Crippen molar-refractivity contribution in [3.63, 3.8) is 0 Å². The van der Waals surface area contributed by atoms with Crippen molar-refractivity contribution >= 4 is 23.0 Å². The Hall–Kier alpha value is -2.63. The predicted molar refractivity (Wildman–Crippen MR) is 97.3 cm³/mol. The molecule has 25 heavy (non-hydrogen) atoms. The molecule has 1 amide bonds. The number of carbonyl (C=O) groups is 1. The second-order valence-electron chi connectivity index (χ2n) is 5.87. The summed E-state index contributed by atoms with van der Waals surface area (Å²) in [5.41, 5.74) is 7.00. The van der Waals surface area contributed by atoms with E-state index < -0.39 is 5.82 Å². The van der Waals surface area contributed by atoms with Gasteiger partial charge in [0.05, 0.1) is 17.1 Å². The number of halogens is 2. The molecule has 2 aromatic rings. The summed E-state index contributed by atoms with van der Waals surface area (Å²) in [6, 6.07) is 9.03. The normalized spacial score (nSPS) is 10.5. The van der Waals surface area contributed by atoms with E-state index >= 15 is 0 Å². The van der Waals surface area contributed by atoms with Gasteiger partial charge in [0.2, 0.25) is 5.91 Å². The largest absolute Gasteiger partial charge is 0.395 e. The van der Waals surface area contributed by atoms with E-state index in [0.29, 0.717) is 13.0 Å². The van der Waals surface area contributed by atoms with Crippen LogP contribution in [0.1, 0.15) is 38.2 Å². The molecule has 0 heterocycles. The van der Waals surface area contributed by atoms with Gasteiger partial charge in [-0.05, 0) is 36.2 Å². The van der Waals surface area contributed by atoms with Crippen molar-refractivity contribution in [2.45, 2.75) is 39.2 Å². The minimum Gasteiger partial charge on any atom is -0.395 e. The number of nitrogens with one attached hydrogen (secondary N) is 2. The Morgan fingerprint density at radius 3 is 2.40 bits per heavy atom. The van der Waals surface area contributed by atoms with Gasteiger partial charge in [-0.2, -0.15) is 0 Å². The molecule has 0 unspecified atom stereocenters. The highest BCUT2D eigenvalue weighted by atomic mass is 19.1. The molecule has 0 atom stereocenters. The van der Waals surface area contributed by atoms with Crippen molar-refractivity contribution in [2.24, 2.45) is 0 Å². The second-order valence-corrected chi connectivity index (χ2v) is 5.87. The first kappa shape index (κ1) is 18.7. The number of hydrogen-bond donors (Lipinski definition) is 3. The zero-order chi connectivity index (χ0) is 18.2. The molecule has 4 N–H and O–H groups in total. The van der Waals surface area contributed by atoms with Crippen molar-refractivity contribution in [3.8, 4) is 0 Å². The zero-order valence-electron chi connectivity index (χ0n) is 14.2. The van der Waals surface area contributed by atoms with E-state index in [-0.39, 0.29) is 28.8 Å². The number of hydrogen-bond acceptors (Lipinski definition) is 3. The number of amides is 1. The molecule has 0 radical (unpaired) electrons. The van der Waals surface area contributed by atoms with Crippen LogP contribution in [0.3, 0.4) is 0 Å². The van der Waals surface area contributed by atoms with E-state index in [9.17, 15) is 13.6 Å². The Bertz CT molecular complexity index is 717. The topological polar surface area (TPSA) is 67.2 Å². The third kappa shape index (κ3) is 5.45. The number of rotatable bonds is 8. The number of benzene rings is 2. The zero-order valence-corrected chi connectivity index (χ0v) is 14.2. The summed E-state index contributed by atoms with van der Waals surface area (Å²) in [5.74, 6) is -1.11. The van der Waals surface area contributed by atoms with E-state index in [1.165, 1.54) is 18.2 Å². The minimum atomic E-state index is -0.617. The highest BCUT2D eigenvalue weighted by molar-refractivity contribution is 5.94. The molecule has 4 nitrogen and oxygen atoms in total. The van der Waals surface area contributed by atoms with Crippen molar-refractivity contribution in [2.75, 3.05) is 16.4 Å². The summed E-state index contributed by atoms with van der Waals surface area (Å²) >= 11 is 0. The third-order valence-corrected chi connectivity index (χ3v) is 3.86. The van der Waals surface area contributed by atoms with Crippen LogP contribution in [0.2, 0.25) is 0 Å². The molecule has 0 fully saturated rings. The number of carbonyl (C=O) groups excluding carboxylic acids is 1. The van der Waals surface area contributed by atoms with Crippen molar-refractivity contribution < 1.29 is 13.6 Å². The number of unbranched alkanes of at least 4 members (excludes halogenated alkanes) is 2. The van der Waals surface area contributed by atoms with Crippen LogP contribution in [0.15, 0.2) is 36.4 Å². The van der Waals surface area contributed by atoms with Crippen LogP contribution >= 0.6 is 0 Å². The quantitative estimate of drug-likeness (QED) is 0.480. The Morgan fingerprint density at radius 1 is 1.04 bits per heavy atom. The fourth-order valence-corrected chi connectivity index (χ4v) is 2.39. The number of nitrogens with two attached hydrogens (primary N) is 1. The molecule has 0 aliphatic rings. The number of nitrogen functional groups attached to an aromatic ring is 1. The third-order valence-electron chi connectivity index (χ3n) is 3.86. The van der Waals surface area contributed by atoms with Crippen molar-refractivity contribution in [1.29, 1.82) is 0 Å². The summed E-state index contributed by atoms with van der Waals surface area (Å²) in [4.78, 5) is 11.8. The van der Waals surface area contributed by atoms with Gasteiger partial charge < -0.3 is 16.4 Å².